The van der Waals surface area contributed by atoms with Crippen molar-refractivity contribution in [3.63, 3.8) is 0 Å². The van der Waals surface area contributed by atoms with Crippen molar-refractivity contribution in [2.75, 3.05) is 13.1 Å². The van der Waals surface area contributed by atoms with Gasteiger partial charge in [-0.1, -0.05) is 36.4 Å². The number of carbonyl (C=O) groups is 1. The summed E-state index contributed by atoms with van der Waals surface area (Å²) in [7, 11) is 0. The Kier molecular flexibility index (Phi) is 4.65. The standard InChI is InChI=1S/C21H26N2OS/c1-16(19-8-5-13-25-19)23(15-17-6-3-2-4-7-17)20(24)18-14-21(18)9-11-22-12-10-21/h2-8,13,16,18,22H,9-12,14-15H2,1H3. The molecule has 0 bridgehead atoms. The maximum atomic E-state index is 13.4. The second kappa shape index (κ2) is 6.93. The predicted octanol–water partition coefficient (Wildman–Crippen LogP) is 4.23. The molecule has 1 aromatic carbocycles. The van der Waals surface area contributed by atoms with Crippen LogP contribution in [0.25, 0.3) is 0 Å². The van der Waals surface area contributed by atoms with E-state index in [0.717, 1.165) is 32.4 Å². The SMILES string of the molecule is CC(c1cccs1)N(Cc1ccccc1)C(=O)C1CC12CCNCC2. The third kappa shape index (κ3) is 3.38. The molecule has 1 aromatic heterocycles. The van der Waals surface area contributed by atoms with E-state index in [1.807, 2.05) is 6.07 Å². The van der Waals surface area contributed by atoms with Crippen molar-refractivity contribution in [3.05, 3.63) is 58.3 Å². The van der Waals surface area contributed by atoms with E-state index in [-0.39, 0.29) is 17.4 Å². The van der Waals surface area contributed by atoms with E-state index in [9.17, 15) is 4.79 Å². The van der Waals surface area contributed by atoms with Crippen molar-refractivity contribution in [3.8, 4) is 0 Å². The van der Waals surface area contributed by atoms with Gasteiger partial charge in [-0.15, -0.1) is 11.3 Å². The predicted molar refractivity (Wildman–Crippen MR) is 102 cm³/mol. The molecule has 1 saturated heterocycles. The molecule has 4 rings (SSSR count). The molecule has 2 aliphatic rings. The van der Waals surface area contributed by atoms with E-state index in [1.54, 1.807) is 11.3 Å². The average Bonchev–Trinajstić information content (AvgIpc) is 3.09. The Bertz CT molecular complexity index is 707. The Balaban J connectivity index is 1.55. The average molecular weight is 355 g/mol. The lowest BCUT2D eigenvalue weighted by Crippen LogP contribution is -2.37. The summed E-state index contributed by atoms with van der Waals surface area (Å²) in [6.07, 6.45) is 3.38. The van der Waals surface area contributed by atoms with Crippen LogP contribution in [0.5, 0.6) is 0 Å². The minimum absolute atomic E-state index is 0.132. The molecule has 1 aliphatic heterocycles. The van der Waals surface area contributed by atoms with E-state index in [4.69, 9.17) is 0 Å². The van der Waals surface area contributed by atoms with Crippen molar-refractivity contribution in [1.29, 1.82) is 0 Å². The summed E-state index contributed by atoms with van der Waals surface area (Å²) in [6, 6.07) is 14.7. The first-order valence-electron chi connectivity index (χ1n) is 9.28. The Morgan fingerprint density at radius 1 is 1.24 bits per heavy atom. The first-order valence-corrected chi connectivity index (χ1v) is 10.2. The third-order valence-electron chi connectivity index (χ3n) is 5.99. The molecule has 2 aromatic rings. The molecule has 2 unspecified atom stereocenters. The number of rotatable bonds is 5. The minimum atomic E-state index is 0.132. The lowest BCUT2D eigenvalue weighted by molar-refractivity contribution is -0.136. The fraction of sp³-hybridized carbons (Fsp3) is 0.476. The minimum Gasteiger partial charge on any atom is -0.331 e. The van der Waals surface area contributed by atoms with Gasteiger partial charge >= 0.3 is 0 Å². The van der Waals surface area contributed by atoms with Crippen molar-refractivity contribution in [2.45, 2.75) is 38.8 Å². The van der Waals surface area contributed by atoms with Crippen LogP contribution >= 0.6 is 11.3 Å². The second-order valence-electron chi connectivity index (χ2n) is 7.51. The first kappa shape index (κ1) is 16.8. The molecular formula is C21H26N2OS. The molecule has 132 valence electrons. The third-order valence-corrected chi connectivity index (χ3v) is 7.03. The summed E-state index contributed by atoms with van der Waals surface area (Å²) < 4.78 is 0. The van der Waals surface area contributed by atoms with Gasteiger partial charge < -0.3 is 10.2 Å². The van der Waals surface area contributed by atoms with Crippen LogP contribution in [0.2, 0.25) is 0 Å². The summed E-state index contributed by atoms with van der Waals surface area (Å²) in [4.78, 5) is 16.8. The van der Waals surface area contributed by atoms with Gasteiger partial charge in [0.25, 0.3) is 0 Å². The summed E-state index contributed by atoms with van der Waals surface area (Å²) in [5.74, 6) is 0.576. The Morgan fingerprint density at radius 2 is 2.00 bits per heavy atom. The van der Waals surface area contributed by atoms with Gasteiger partial charge in [0.1, 0.15) is 0 Å². The number of nitrogens with one attached hydrogen (secondary N) is 1. The first-order chi connectivity index (χ1) is 12.2. The second-order valence-corrected chi connectivity index (χ2v) is 8.49. The summed E-state index contributed by atoms with van der Waals surface area (Å²) in [6.45, 7) is 4.99. The number of hydrogen-bond acceptors (Lipinski definition) is 3. The van der Waals surface area contributed by atoms with Crippen LogP contribution in [0, 0.1) is 11.3 Å². The molecule has 0 radical (unpaired) electrons. The highest BCUT2D eigenvalue weighted by molar-refractivity contribution is 7.10. The van der Waals surface area contributed by atoms with E-state index < -0.39 is 0 Å². The lowest BCUT2D eigenvalue weighted by Gasteiger charge is -2.31. The smallest absolute Gasteiger partial charge is 0.227 e. The molecule has 2 heterocycles. The highest BCUT2D eigenvalue weighted by Gasteiger charge is 2.58. The summed E-state index contributed by atoms with van der Waals surface area (Å²) in [5, 5.41) is 5.53. The number of hydrogen-bond donors (Lipinski definition) is 1. The van der Waals surface area contributed by atoms with Gasteiger partial charge in [0, 0.05) is 17.3 Å². The summed E-state index contributed by atoms with van der Waals surface area (Å²) >= 11 is 1.74. The zero-order valence-electron chi connectivity index (χ0n) is 14.8. The molecule has 1 aliphatic carbocycles. The van der Waals surface area contributed by atoms with Crippen LogP contribution in [0.15, 0.2) is 47.8 Å². The lowest BCUT2D eigenvalue weighted by atomic mass is 9.91. The van der Waals surface area contributed by atoms with Crippen LogP contribution in [-0.2, 0) is 11.3 Å². The van der Waals surface area contributed by atoms with Crippen LogP contribution in [0.4, 0.5) is 0 Å². The van der Waals surface area contributed by atoms with Crippen LogP contribution in [0.3, 0.4) is 0 Å². The maximum absolute atomic E-state index is 13.4. The van der Waals surface area contributed by atoms with Crippen LogP contribution in [-0.4, -0.2) is 23.9 Å². The number of carbonyl (C=O) groups excluding carboxylic acids is 1. The molecule has 3 nitrogen and oxygen atoms in total. The number of thiophene rings is 1. The molecular weight excluding hydrogens is 328 g/mol. The number of piperidine rings is 1. The molecule has 1 spiro atoms. The van der Waals surface area contributed by atoms with Gasteiger partial charge in [-0.25, -0.2) is 0 Å². The monoisotopic (exact) mass is 354 g/mol. The van der Waals surface area contributed by atoms with E-state index in [0.29, 0.717) is 12.5 Å². The normalized spacial score (nSPS) is 22.5. The van der Waals surface area contributed by atoms with E-state index >= 15 is 0 Å². The van der Waals surface area contributed by atoms with Crippen LogP contribution < -0.4 is 5.32 Å². The molecule has 1 N–H and O–H groups in total. The number of nitrogens with zero attached hydrogens (tertiary/aromatic N) is 1. The topological polar surface area (TPSA) is 32.3 Å². The van der Waals surface area contributed by atoms with Gasteiger partial charge in [0.05, 0.1) is 6.04 Å². The van der Waals surface area contributed by atoms with Crippen molar-refractivity contribution >= 4 is 17.2 Å². The fourth-order valence-corrected chi connectivity index (χ4v) is 5.04. The van der Waals surface area contributed by atoms with Gasteiger partial charge in [0.15, 0.2) is 0 Å². The summed E-state index contributed by atoms with van der Waals surface area (Å²) in [5.41, 5.74) is 1.49. The van der Waals surface area contributed by atoms with Crippen LogP contribution in [0.1, 0.15) is 42.7 Å². The van der Waals surface area contributed by atoms with Crippen molar-refractivity contribution in [1.82, 2.24) is 10.2 Å². The van der Waals surface area contributed by atoms with Gasteiger partial charge in [0.2, 0.25) is 5.91 Å². The van der Waals surface area contributed by atoms with E-state index in [1.165, 1.54) is 10.4 Å². The highest BCUT2D eigenvalue weighted by atomic mass is 32.1. The van der Waals surface area contributed by atoms with Crippen molar-refractivity contribution in [2.24, 2.45) is 11.3 Å². The fourth-order valence-electron chi connectivity index (χ4n) is 4.24. The Hall–Kier alpha value is -1.65. The van der Waals surface area contributed by atoms with Gasteiger partial charge in [-0.2, -0.15) is 0 Å². The molecule has 4 heteroatoms. The quantitative estimate of drug-likeness (QED) is 0.871. The number of benzene rings is 1. The van der Waals surface area contributed by atoms with Gasteiger partial charge in [-0.05, 0) is 61.7 Å². The molecule has 2 atom stereocenters. The van der Waals surface area contributed by atoms with Gasteiger partial charge in [-0.3, -0.25) is 4.79 Å². The molecule has 1 amide bonds. The van der Waals surface area contributed by atoms with E-state index in [2.05, 4.69) is 58.9 Å². The molecule has 1 saturated carbocycles. The largest absolute Gasteiger partial charge is 0.331 e. The molecule has 2 fully saturated rings. The van der Waals surface area contributed by atoms with Crippen molar-refractivity contribution < 1.29 is 4.79 Å². The zero-order valence-corrected chi connectivity index (χ0v) is 15.6. The zero-order chi connectivity index (χ0) is 17.3. The molecule has 25 heavy (non-hydrogen) atoms. The Labute approximate surface area is 154 Å². The maximum Gasteiger partial charge on any atom is 0.227 e. The highest BCUT2D eigenvalue weighted by Crippen LogP contribution is 2.59. The number of amides is 1. The Morgan fingerprint density at radius 3 is 2.68 bits per heavy atom.